The van der Waals surface area contributed by atoms with Crippen LogP contribution in [-0.2, 0) is 5.41 Å². The highest BCUT2D eigenvalue weighted by molar-refractivity contribution is 5.97. The fourth-order valence-corrected chi connectivity index (χ4v) is 9.34. The zero-order valence-electron chi connectivity index (χ0n) is 30.2. The molecular weight excluding hydrogens is 665 g/mol. The average Bonchev–Trinajstić information content (AvgIpc) is 3.72. The van der Waals surface area contributed by atoms with Crippen molar-refractivity contribution in [1.82, 2.24) is 0 Å². The van der Waals surface area contributed by atoms with Gasteiger partial charge in [0.1, 0.15) is 0 Å². The van der Waals surface area contributed by atoms with Crippen LogP contribution in [0.15, 0.2) is 218 Å². The summed E-state index contributed by atoms with van der Waals surface area (Å²) in [7, 11) is 0. The van der Waals surface area contributed by atoms with E-state index < -0.39 is 5.41 Å². The molecule has 2 aliphatic carbocycles. The van der Waals surface area contributed by atoms with Gasteiger partial charge in [-0.1, -0.05) is 146 Å². The molecule has 9 aromatic carbocycles. The standard InChI is InChI=1S/C53H36N2/c1-3-17-39(18-4-1)54(40-19-5-2-6-20-40)41-29-31-42(32-30-41)55(43-28-27-37-15-7-8-16-38(37)35-43)44-33-34-48-47-23-11-14-26-51(47)53(52(48)36-44)49-24-12-9-21-45(49)46-22-10-13-25-50(46)53/h1-36H. The van der Waals surface area contributed by atoms with Crippen LogP contribution in [0.5, 0.6) is 0 Å². The molecule has 2 aliphatic rings. The molecular formula is C53H36N2. The van der Waals surface area contributed by atoms with Crippen LogP contribution in [0, 0.1) is 0 Å². The van der Waals surface area contributed by atoms with Gasteiger partial charge in [-0.3, -0.25) is 0 Å². The number of fused-ring (bicyclic) bond motifs is 11. The smallest absolute Gasteiger partial charge is 0.0726 e. The predicted molar refractivity (Wildman–Crippen MR) is 230 cm³/mol. The first-order valence-corrected chi connectivity index (χ1v) is 19.0. The van der Waals surface area contributed by atoms with Gasteiger partial charge in [-0.05, 0) is 128 Å². The minimum absolute atomic E-state index is 0.417. The van der Waals surface area contributed by atoms with E-state index >= 15 is 0 Å². The van der Waals surface area contributed by atoms with Gasteiger partial charge in [0.05, 0.1) is 5.41 Å². The largest absolute Gasteiger partial charge is 0.311 e. The summed E-state index contributed by atoms with van der Waals surface area (Å²) in [6.45, 7) is 0. The summed E-state index contributed by atoms with van der Waals surface area (Å²) in [6, 6.07) is 79.9. The summed E-state index contributed by atoms with van der Waals surface area (Å²) in [5.74, 6) is 0. The molecule has 0 aromatic heterocycles. The van der Waals surface area contributed by atoms with Crippen LogP contribution in [-0.4, -0.2) is 0 Å². The lowest BCUT2D eigenvalue weighted by Crippen LogP contribution is -2.26. The lowest BCUT2D eigenvalue weighted by atomic mass is 9.70. The van der Waals surface area contributed by atoms with E-state index in [0.717, 1.165) is 34.1 Å². The van der Waals surface area contributed by atoms with Crippen molar-refractivity contribution in [3.8, 4) is 22.3 Å². The van der Waals surface area contributed by atoms with E-state index in [0.29, 0.717) is 0 Å². The Morgan fingerprint density at radius 2 is 0.600 bits per heavy atom. The Labute approximate surface area is 321 Å². The van der Waals surface area contributed by atoms with Crippen molar-refractivity contribution in [3.63, 3.8) is 0 Å². The van der Waals surface area contributed by atoms with Crippen molar-refractivity contribution in [3.05, 3.63) is 241 Å². The number of nitrogens with zero attached hydrogens (tertiary/aromatic N) is 2. The Morgan fingerprint density at radius 1 is 0.236 bits per heavy atom. The maximum Gasteiger partial charge on any atom is 0.0726 e. The number of anilines is 6. The van der Waals surface area contributed by atoms with Crippen LogP contribution >= 0.6 is 0 Å². The predicted octanol–water partition coefficient (Wildman–Crippen LogP) is 14.1. The van der Waals surface area contributed by atoms with Crippen molar-refractivity contribution < 1.29 is 0 Å². The van der Waals surface area contributed by atoms with Crippen molar-refractivity contribution in [2.75, 3.05) is 9.80 Å². The molecule has 11 rings (SSSR count). The molecule has 258 valence electrons. The molecule has 1 spiro atoms. The summed E-state index contributed by atoms with van der Waals surface area (Å²) in [5.41, 5.74) is 16.9. The third kappa shape index (κ3) is 4.75. The van der Waals surface area contributed by atoms with Crippen molar-refractivity contribution >= 4 is 44.9 Å². The summed E-state index contributed by atoms with van der Waals surface area (Å²) < 4.78 is 0. The van der Waals surface area contributed by atoms with Crippen molar-refractivity contribution in [2.24, 2.45) is 0 Å². The zero-order chi connectivity index (χ0) is 36.3. The highest BCUT2D eigenvalue weighted by Crippen LogP contribution is 2.63. The number of hydrogen-bond acceptors (Lipinski definition) is 2. The molecule has 55 heavy (non-hydrogen) atoms. The summed E-state index contributed by atoms with van der Waals surface area (Å²) >= 11 is 0. The summed E-state index contributed by atoms with van der Waals surface area (Å²) in [5, 5.41) is 2.44. The van der Waals surface area contributed by atoms with E-state index in [1.807, 2.05) is 0 Å². The van der Waals surface area contributed by atoms with Gasteiger partial charge in [-0.25, -0.2) is 0 Å². The van der Waals surface area contributed by atoms with Crippen LogP contribution in [0.2, 0.25) is 0 Å². The minimum atomic E-state index is -0.417. The molecule has 9 aromatic rings. The second kappa shape index (κ2) is 12.5. The van der Waals surface area contributed by atoms with E-state index in [4.69, 9.17) is 0 Å². The average molecular weight is 701 g/mol. The lowest BCUT2D eigenvalue weighted by molar-refractivity contribution is 0.793. The third-order valence-corrected chi connectivity index (χ3v) is 11.6. The monoisotopic (exact) mass is 700 g/mol. The van der Waals surface area contributed by atoms with Crippen LogP contribution in [0.4, 0.5) is 34.1 Å². The number of hydrogen-bond donors (Lipinski definition) is 0. The Balaban J connectivity index is 1.12. The van der Waals surface area contributed by atoms with Gasteiger partial charge in [0.2, 0.25) is 0 Å². The lowest BCUT2D eigenvalue weighted by Gasteiger charge is -2.32. The highest BCUT2D eigenvalue weighted by Gasteiger charge is 2.51. The molecule has 0 saturated carbocycles. The summed E-state index contributed by atoms with van der Waals surface area (Å²) in [4.78, 5) is 4.74. The van der Waals surface area contributed by atoms with Gasteiger partial charge in [0, 0.05) is 34.1 Å². The van der Waals surface area contributed by atoms with Gasteiger partial charge >= 0.3 is 0 Å². The topological polar surface area (TPSA) is 6.48 Å². The Morgan fingerprint density at radius 3 is 1.15 bits per heavy atom. The molecule has 0 fully saturated rings. The zero-order valence-corrected chi connectivity index (χ0v) is 30.2. The fourth-order valence-electron chi connectivity index (χ4n) is 9.34. The van der Waals surface area contributed by atoms with E-state index in [1.165, 1.54) is 55.3 Å². The van der Waals surface area contributed by atoms with Gasteiger partial charge in [-0.15, -0.1) is 0 Å². The first-order valence-electron chi connectivity index (χ1n) is 19.0. The van der Waals surface area contributed by atoms with E-state index in [2.05, 4.69) is 228 Å². The van der Waals surface area contributed by atoms with Crippen LogP contribution in [0.25, 0.3) is 33.0 Å². The molecule has 0 N–H and O–H groups in total. The molecule has 0 amide bonds. The third-order valence-electron chi connectivity index (χ3n) is 11.6. The Kier molecular flexibility index (Phi) is 7.11. The Bertz CT molecular complexity index is 2770. The van der Waals surface area contributed by atoms with Gasteiger partial charge in [-0.2, -0.15) is 0 Å². The second-order valence-electron chi connectivity index (χ2n) is 14.5. The maximum absolute atomic E-state index is 2.47. The number of benzene rings is 9. The number of rotatable bonds is 6. The maximum atomic E-state index is 2.47. The van der Waals surface area contributed by atoms with E-state index in [-0.39, 0.29) is 0 Å². The normalized spacial score (nSPS) is 12.9. The fraction of sp³-hybridized carbons (Fsp3) is 0.0189. The first kappa shape index (κ1) is 31.4. The van der Waals surface area contributed by atoms with Crippen LogP contribution in [0.1, 0.15) is 22.3 Å². The highest BCUT2D eigenvalue weighted by atomic mass is 15.2. The quantitative estimate of drug-likeness (QED) is 0.170. The van der Waals surface area contributed by atoms with Crippen molar-refractivity contribution in [2.45, 2.75) is 5.41 Å². The van der Waals surface area contributed by atoms with Crippen LogP contribution in [0.3, 0.4) is 0 Å². The Hall–Kier alpha value is -7.16. The molecule has 0 saturated heterocycles. The molecule has 2 heteroatoms. The molecule has 0 radical (unpaired) electrons. The van der Waals surface area contributed by atoms with E-state index in [9.17, 15) is 0 Å². The molecule has 0 heterocycles. The molecule has 0 aliphatic heterocycles. The molecule has 0 bridgehead atoms. The summed E-state index contributed by atoms with van der Waals surface area (Å²) in [6.07, 6.45) is 0. The van der Waals surface area contributed by atoms with Gasteiger partial charge < -0.3 is 9.80 Å². The SMILES string of the molecule is c1ccc(N(c2ccccc2)c2ccc(N(c3ccc4c(c3)C3(c5ccccc5-c5ccccc53)c3ccccc3-4)c3ccc4ccccc4c3)cc2)cc1. The molecule has 2 nitrogen and oxygen atoms in total. The minimum Gasteiger partial charge on any atom is -0.311 e. The van der Waals surface area contributed by atoms with Crippen LogP contribution < -0.4 is 9.80 Å². The van der Waals surface area contributed by atoms with Gasteiger partial charge in [0.25, 0.3) is 0 Å². The second-order valence-corrected chi connectivity index (χ2v) is 14.5. The van der Waals surface area contributed by atoms with Crippen molar-refractivity contribution in [1.29, 1.82) is 0 Å². The number of para-hydroxylation sites is 2. The van der Waals surface area contributed by atoms with E-state index in [1.54, 1.807) is 0 Å². The molecule has 0 unspecified atom stereocenters. The molecule has 0 atom stereocenters. The first-order chi connectivity index (χ1) is 27.3. The van der Waals surface area contributed by atoms with Gasteiger partial charge in [0.15, 0.2) is 0 Å².